The minimum absolute atomic E-state index is 0.0375. The summed E-state index contributed by atoms with van der Waals surface area (Å²) in [6.45, 7) is 3.69. The fourth-order valence-electron chi connectivity index (χ4n) is 1.26. The molecular weight excluding hydrogens is 226 g/mol. The van der Waals surface area contributed by atoms with Gasteiger partial charge in [0.2, 0.25) is 5.91 Å². The second-order valence-electron chi connectivity index (χ2n) is 4.20. The van der Waals surface area contributed by atoms with E-state index in [0.29, 0.717) is 6.42 Å². The Labute approximate surface area is 99.0 Å². The summed E-state index contributed by atoms with van der Waals surface area (Å²) in [5, 5.41) is 2.42. The zero-order valence-electron chi connectivity index (χ0n) is 9.89. The molecule has 0 radical (unpaired) electrons. The number of benzene rings is 1. The molecule has 1 rings (SSSR count). The number of anilines is 1. The number of nitrogens with one attached hydrogen (secondary N) is 1. The smallest absolute Gasteiger partial charge is 0.231 e. The Morgan fingerprint density at radius 2 is 2.12 bits per heavy atom. The van der Waals surface area contributed by atoms with Crippen molar-refractivity contribution in [3.05, 3.63) is 29.8 Å². The van der Waals surface area contributed by atoms with Gasteiger partial charge in [-0.2, -0.15) is 0 Å². The van der Waals surface area contributed by atoms with Crippen molar-refractivity contribution in [3.63, 3.8) is 0 Å². The standard InChI is InChI=1S/C12H16F2N2O/c1-3-12(2,7-15)11(17)16-10-5-4-8(13)6-9(10)14/h4-6H,3,7,15H2,1-2H3,(H,16,17). The third-order valence-electron chi connectivity index (χ3n) is 2.96. The maximum Gasteiger partial charge on any atom is 0.231 e. The number of halogens is 2. The van der Waals surface area contributed by atoms with Crippen LogP contribution in [0.1, 0.15) is 20.3 Å². The fraction of sp³-hybridized carbons (Fsp3) is 0.417. The molecule has 3 N–H and O–H groups in total. The summed E-state index contributed by atoms with van der Waals surface area (Å²) in [6, 6.07) is 3.00. The number of nitrogens with two attached hydrogens (primary N) is 1. The Kier molecular flexibility index (Phi) is 4.17. The van der Waals surface area contributed by atoms with Gasteiger partial charge in [-0.1, -0.05) is 6.92 Å². The summed E-state index contributed by atoms with van der Waals surface area (Å²) in [6.07, 6.45) is 0.540. The van der Waals surface area contributed by atoms with Gasteiger partial charge in [0, 0.05) is 12.6 Å². The summed E-state index contributed by atoms with van der Waals surface area (Å²) in [4.78, 5) is 11.9. The lowest BCUT2D eigenvalue weighted by Crippen LogP contribution is -2.39. The topological polar surface area (TPSA) is 55.1 Å². The van der Waals surface area contributed by atoms with E-state index >= 15 is 0 Å². The van der Waals surface area contributed by atoms with E-state index in [2.05, 4.69) is 5.32 Å². The number of amides is 1. The lowest BCUT2D eigenvalue weighted by molar-refractivity contribution is -0.124. The summed E-state index contributed by atoms with van der Waals surface area (Å²) in [5.74, 6) is -1.85. The Balaban J connectivity index is 2.88. The van der Waals surface area contributed by atoms with Crippen LogP contribution in [-0.4, -0.2) is 12.5 Å². The maximum absolute atomic E-state index is 13.3. The molecule has 0 fully saturated rings. The average molecular weight is 242 g/mol. The van der Waals surface area contributed by atoms with Crippen LogP contribution in [0, 0.1) is 17.0 Å². The van der Waals surface area contributed by atoms with Crippen molar-refractivity contribution in [2.45, 2.75) is 20.3 Å². The molecule has 0 aliphatic heterocycles. The monoisotopic (exact) mass is 242 g/mol. The predicted octanol–water partition coefficient (Wildman–Crippen LogP) is 2.28. The summed E-state index contributed by atoms with van der Waals surface area (Å²) in [7, 11) is 0. The number of carbonyl (C=O) groups is 1. The molecule has 1 aromatic carbocycles. The van der Waals surface area contributed by atoms with E-state index in [1.165, 1.54) is 6.07 Å². The molecular formula is C12H16F2N2O. The molecule has 0 spiro atoms. The van der Waals surface area contributed by atoms with Crippen LogP contribution in [0.25, 0.3) is 0 Å². The molecule has 3 nitrogen and oxygen atoms in total. The first-order valence-corrected chi connectivity index (χ1v) is 5.39. The van der Waals surface area contributed by atoms with E-state index < -0.39 is 17.0 Å². The first kappa shape index (κ1) is 13.6. The van der Waals surface area contributed by atoms with Crippen molar-refractivity contribution < 1.29 is 13.6 Å². The van der Waals surface area contributed by atoms with Crippen molar-refractivity contribution in [3.8, 4) is 0 Å². The van der Waals surface area contributed by atoms with Gasteiger partial charge in [-0.3, -0.25) is 4.79 Å². The van der Waals surface area contributed by atoms with Crippen LogP contribution in [0.4, 0.5) is 14.5 Å². The molecule has 0 saturated heterocycles. The van der Waals surface area contributed by atoms with Crippen LogP contribution in [0.5, 0.6) is 0 Å². The van der Waals surface area contributed by atoms with E-state index in [9.17, 15) is 13.6 Å². The van der Waals surface area contributed by atoms with E-state index in [1.54, 1.807) is 6.92 Å². The maximum atomic E-state index is 13.3. The van der Waals surface area contributed by atoms with Gasteiger partial charge in [0.1, 0.15) is 11.6 Å². The minimum atomic E-state index is -0.797. The second-order valence-corrected chi connectivity index (χ2v) is 4.20. The number of hydrogen-bond donors (Lipinski definition) is 2. The Morgan fingerprint density at radius 3 is 2.59 bits per heavy atom. The van der Waals surface area contributed by atoms with Gasteiger partial charge in [0.15, 0.2) is 0 Å². The van der Waals surface area contributed by atoms with Gasteiger partial charge in [0.05, 0.1) is 11.1 Å². The van der Waals surface area contributed by atoms with E-state index in [4.69, 9.17) is 5.73 Å². The van der Waals surface area contributed by atoms with Gasteiger partial charge >= 0.3 is 0 Å². The highest BCUT2D eigenvalue weighted by Crippen LogP contribution is 2.23. The zero-order valence-corrected chi connectivity index (χ0v) is 9.89. The van der Waals surface area contributed by atoms with Crippen LogP contribution in [-0.2, 0) is 4.79 Å². The van der Waals surface area contributed by atoms with E-state index in [1.807, 2.05) is 6.92 Å². The molecule has 0 bridgehead atoms. The molecule has 1 atom stereocenters. The highest BCUT2D eigenvalue weighted by molar-refractivity contribution is 5.95. The molecule has 94 valence electrons. The quantitative estimate of drug-likeness (QED) is 0.851. The van der Waals surface area contributed by atoms with Crippen LogP contribution < -0.4 is 11.1 Å². The first-order chi connectivity index (χ1) is 7.92. The Hall–Kier alpha value is -1.49. The number of carbonyl (C=O) groups excluding carboxylic acids is 1. The first-order valence-electron chi connectivity index (χ1n) is 5.39. The van der Waals surface area contributed by atoms with Crippen molar-refractivity contribution in [1.29, 1.82) is 0 Å². The third kappa shape index (κ3) is 3.00. The molecule has 0 aromatic heterocycles. The third-order valence-corrected chi connectivity index (χ3v) is 2.96. The van der Waals surface area contributed by atoms with Crippen LogP contribution >= 0.6 is 0 Å². The molecule has 0 aliphatic rings. The normalized spacial score (nSPS) is 14.2. The molecule has 1 amide bonds. The molecule has 1 aromatic rings. The Bertz CT molecular complexity index is 417. The lowest BCUT2D eigenvalue weighted by Gasteiger charge is -2.25. The number of rotatable bonds is 4. The highest BCUT2D eigenvalue weighted by Gasteiger charge is 2.30. The molecule has 1 unspecified atom stereocenters. The highest BCUT2D eigenvalue weighted by atomic mass is 19.1. The largest absolute Gasteiger partial charge is 0.329 e. The Morgan fingerprint density at radius 1 is 1.47 bits per heavy atom. The fourth-order valence-corrected chi connectivity index (χ4v) is 1.26. The zero-order chi connectivity index (χ0) is 13.1. The SMILES string of the molecule is CCC(C)(CN)C(=O)Nc1ccc(F)cc1F. The van der Waals surface area contributed by atoms with Gasteiger partial charge in [-0.25, -0.2) is 8.78 Å². The average Bonchev–Trinajstić information content (AvgIpc) is 2.31. The number of hydrogen-bond acceptors (Lipinski definition) is 2. The van der Waals surface area contributed by atoms with Crippen molar-refractivity contribution in [2.24, 2.45) is 11.1 Å². The van der Waals surface area contributed by atoms with Crippen LogP contribution in [0.3, 0.4) is 0 Å². The molecule has 0 heterocycles. The molecule has 5 heteroatoms. The van der Waals surface area contributed by atoms with Crippen molar-refractivity contribution >= 4 is 11.6 Å². The van der Waals surface area contributed by atoms with E-state index in [-0.39, 0.29) is 18.1 Å². The van der Waals surface area contributed by atoms with Gasteiger partial charge in [-0.15, -0.1) is 0 Å². The predicted molar refractivity (Wildman–Crippen MR) is 62.4 cm³/mol. The van der Waals surface area contributed by atoms with Crippen molar-refractivity contribution in [1.82, 2.24) is 0 Å². The summed E-state index contributed by atoms with van der Waals surface area (Å²) < 4.78 is 26.0. The molecule has 0 saturated carbocycles. The van der Waals surface area contributed by atoms with Gasteiger partial charge in [-0.05, 0) is 25.5 Å². The van der Waals surface area contributed by atoms with Crippen molar-refractivity contribution in [2.75, 3.05) is 11.9 Å². The summed E-state index contributed by atoms with van der Waals surface area (Å²) >= 11 is 0. The van der Waals surface area contributed by atoms with E-state index in [0.717, 1.165) is 12.1 Å². The van der Waals surface area contributed by atoms with Crippen LogP contribution in [0.15, 0.2) is 18.2 Å². The summed E-state index contributed by atoms with van der Waals surface area (Å²) in [5.41, 5.74) is 4.73. The molecule has 17 heavy (non-hydrogen) atoms. The lowest BCUT2D eigenvalue weighted by atomic mass is 9.86. The minimum Gasteiger partial charge on any atom is -0.329 e. The molecule has 0 aliphatic carbocycles. The van der Waals surface area contributed by atoms with Gasteiger partial charge in [0.25, 0.3) is 0 Å². The van der Waals surface area contributed by atoms with Gasteiger partial charge < -0.3 is 11.1 Å². The van der Waals surface area contributed by atoms with Crippen LogP contribution in [0.2, 0.25) is 0 Å². The second kappa shape index (κ2) is 5.23.